The van der Waals surface area contributed by atoms with E-state index in [-0.39, 0.29) is 28.3 Å². The number of rotatable bonds is 6. The molecule has 0 amide bonds. The lowest BCUT2D eigenvalue weighted by Gasteiger charge is -2.13. The average molecular weight is 353 g/mol. The van der Waals surface area contributed by atoms with Crippen LogP contribution in [0.3, 0.4) is 0 Å². The molecule has 1 aromatic carbocycles. The normalized spacial score (nSPS) is 16.5. The topological polar surface area (TPSA) is 81.4 Å². The van der Waals surface area contributed by atoms with Crippen molar-refractivity contribution in [2.75, 3.05) is 18.9 Å². The molecule has 0 saturated heterocycles. The summed E-state index contributed by atoms with van der Waals surface area (Å²) in [5.74, 6) is 0. The zero-order valence-electron chi connectivity index (χ0n) is 11.4. The van der Waals surface area contributed by atoms with Gasteiger partial charge in [-0.05, 0) is 25.0 Å². The van der Waals surface area contributed by atoms with Gasteiger partial charge >= 0.3 is 0 Å². The fourth-order valence-electron chi connectivity index (χ4n) is 2.39. The molecule has 0 atom stereocenters. The van der Waals surface area contributed by atoms with Crippen molar-refractivity contribution in [2.24, 2.45) is 0 Å². The second-order valence-corrected chi connectivity index (χ2v) is 7.53. The van der Waals surface area contributed by atoms with Gasteiger partial charge in [0.1, 0.15) is 4.90 Å². The number of hydrogen-bond donors (Lipinski definition) is 2. The average Bonchev–Trinajstić information content (AvgIpc) is 2.86. The standard InChI is InChI=1S/C13H18Cl2N2O3S/c14-9-7-11(15)13(12(16)8-9)21(18,19)17-5-6-20-10-3-1-2-4-10/h7-8,10,17H,1-6,16H2. The number of sulfonamides is 1. The number of ether oxygens (including phenoxy) is 1. The molecular weight excluding hydrogens is 335 g/mol. The molecule has 0 aliphatic heterocycles. The van der Waals surface area contributed by atoms with Gasteiger partial charge < -0.3 is 10.5 Å². The fourth-order valence-corrected chi connectivity index (χ4v) is 4.39. The highest BCUT2D eigenvalue weighted by atomic mass is 35.5. The minimum absolute atomic E-state index is 0.00390. The maximum absolute atomic E-state index is 12.2. The molecule has 1 aliphatic rings. The van der Waals surface area contributed by atoms with Gasteiger partial charge in [0.25, 0.3) is 0 Å². The lowest BCUT2D eigenvalue weighted by atomic mass is 10.3. The van der Waals surface area contributed by atoms with E-state index in [0.717, 1.165) is 12.8 Å². The predicted molar refractivity (Wildman–Crippen MR) is 84.3 cm³/mol. The first-order valence-electron chi connectivity index (χ1n) is 6.76. The largest absolute Gasteiger partial charge is 0.398 e. The summed E-state index contributed by atoms with van der Waals surface area (Å²) in [6.45, 7) is 0.506. The number of nitrogen functional groups attached to an aromatic ring is 1. The summed E-state index contributed by atoms with van der Waals surface area (Å²) in [6, 6.07) is 2.71. The highest BCUT2D eigenvalue weighted by molar-refractivity contribution is 7.89. The van der Waals surface area contributed by atoms with Crippen LogP contribution in [-0.4, -0.2) is 27.7 Å². The number of anilines is 1. The first kappa shape index (κ1) is 16.8. The first-order valence-corrected chi connectivity index (χ1v) is 9.00. The molecule has 1 fully saturated rings. The van der Waals surface area contributed by atoms with Crippen LogP contribution in [0.5, 0.6) is 0 Å². The van der Waals surface area contributed by atoms with Crippen molar-refractivity contribution in [2.45, 2.75) is 36.7 Å². The minimum Gasteiger partial charge on any atom is -0.398 e. The van der Waals surface area contributed by atoms with E-state index >= 15 is 0 Å². The summed E-state index contributed by atoms with van der Waals surface area (Å²) in [5, 5.41) is 0.297. The summed E-state index contributed by atoms with van der Waals surface area (Å²) in [7, 11) is -3.78. The van der Waals surface area contributed by atoms with Gasteiger partial charge in [-0.15, -0.1) is 0 Å². The Bertz CT molecular complexity index is 578. The van der Waals surface area contributed by atoms with Crippen molar-refractivity contribution in [3.8, 4) is 0 Å². The summed E-state index contributed by atoms with van der Waals surface area (Å²) < 4.78 is 32.5. The monoisotopic (exact) mass is 352 g/mol. The zero-order valence-corrected chi connectivity index (χ0v) is 13.8. The summed E-state index contributed by atoms with van der Waals surface area (Å²) >= 11 is 11.7. The summed E-state index contributed by atoms with van der Waals surface area (Å²) in [4.78, 5) is -0.144. The van der Waals surface area contributed by atoms with Crippen LogP contribution >= 0.6 is 23.2 Å². The summed E-state index contributed by atoms with van der Waals surface area (Å²) in [5.41, 5.74) is 5.72. The Kier molecular flexibility index (Phi) is 5.73. The Balaban J connectivity index is 1.95. The molecular formula is C13H18Cl2N2O3S. The lowest BCUT2D eigenvalue weighted by molar-refractivity contribution is 0.0626. The Hall–Kier alpha value is -0.530. The second kappa shape index (κ2) is 7.15. The molecule has 0 aromatic heterocycles. The quantitative estimate of drug-likeness (QED) is 0.609. The van der Waals surface area contributed by atoms with Gasteiger partial charge in [-0.3, -0.25) is 0 Å². The third-order valence-corrected chi connectivity index (χ3v) is 5.56. The number of nitrogens with one attached hydrogen (secondary N) is 1. The minimum atomic E-state index is -3.78. The molecule has 21 heavy (non-hydrogen) atoms. The van der Waals surface area contributed by atoms with Crippen molar-refractivity contribution in [3.05, 3.63) is 22.2 Å². The number of nitrogens with two attached hydrogens (primary N) is 1. The van der Waals surface area contributed by atoms with E-state index in [9.17, 15) is 8.42 Å². The fraction of sp³-hybridized carbons (Fsp3) is 0.538. The van der Waals surface area contributed by atoms with Crippen LogP contribution in [-0.2, 0) is 14.8 Å². The first-order chi connectivity index (χ1) is 9.90. The lowest BCUT2D eigenvalue weighted by Crippen LogP contribution is -2.29. The molecule has 0 radical (unpaired) electrons. The van der Waals surface area contributed by atoms with Crippen molar-refractivity contribution in [1.82, 2.24) is 4.72 Å². The van der Waals surface area contributed by atoms with E-state index in [2.05, 4.69) is 4.72 Å². The third-order valence-electron chi connectivity index (χ3n) is 3.36. The smallest absolute Gasteiger partial charge is 0.244 e. The molecule has 5 nitrogen and oxygen atoms in total. The third kappa shape index (κ3) is 4.47. The molecule has 0 bridgehead atoms. The van der Waals surface area contributed by atoms with E-state index in [4.69, 9.17) is 33.7 Å². The van der Waals surface area contributed by atoms with Crippen LogP contribution < -0.4 is 10.5 Å². The SMILES string of the molecule is Nc1cc(Cl)cc(Cl)c1S(=O)(=O)NCCOC1CCCC1. The molecule has 118 valence electrons. The molecule has 3 N–H and O–H groups in total. The van der Waals surface area contributed by atoms with Crippen molar-refractivity contribution in [1.29, 1.82) is 0 Å². The van der Waals surface area contributed by atoms with Gasteiger partial charge in [-0.1, -0.05) is 36.0 Å². The Morgan fingerprint density at radius 3 is 2.57 bits per heavy atom. The van der Waals surface area contributed by atoms with Gasteiger partial charge in [0.05, 0.1) is 23.4 Å². The Morgan fingerprint density at radius 1 is 1.29 bits per heavy atom. The molecule has 8 heteroatoms. The van der Waals surface area contributed by atoms with Crippen molar-refractivity contribution < 1.29 is 13.2 Å². The molecule has 1 aliphatic carbocycles. The van der Waals surface area contributed by atoms with Crippen LogP contribution in [0.2, 0.25) is 10.0 Å². The van der Waals surface area contributed by atoms with E-state index in [1.807, 2.05) is 0 Å². The number of hydrogen-bond acceptors (Lipinski definition) is 4. The Morgan fingerprint density at radius 2 is 1.95 bits per heavy atom. The second-order valence-electron chi connectivity index (χ2n) is 4.98. The van der Waals surface area contributed by atoms with Gasteiger partial charge in [0, 0.05) is 11.6 Å². The molecule has 1 aromatic rings. The van der Waals surface area contributed by atoms with Gasteiger partial charge in [0.2, 0.25) is 10.0 Å². The maximum atomic E-state index is 12.2. The number of halogens is 2. The van der Waals surface area contributed by atoms with E-state index in [1.165, 1.54) is 25.0 Å². The van der Waals surface area contributed by atoms with Crippen molar-refractivity contribution in [3.63, 3.8) is 0 Å². The van der Waals surface area contributed by atoms with Crippen LogP contribution in [0.15, 0.2) is 17.0 Å². The predicted octanol–water partition coefficient (Wildman–Crippen LogP) is 2.81. The van der Waals surface area contributed by atoms with Gasteiger partial charge in [-0.2, -0.15) is 0 Å². The van der Waals surface area contributed by atoms with Crippen molar-refractivity contribution >= 4 is 38.9 Å². The van der Waals surface area contributed by atoms with Crippen LogP contribution in [0.1, 0.15) is 25.7 Å². The molecule has 0 spiro atoms. The molecule has 0 heterocycles. The molecule has 1 saturated carbocycles. The Labute approximate surface area is 134 Å². The van der Waals surface area contributed by atoms with E-state index in [1.54, 1.807) is 0 Å². The molecule has 0 unspecified atom stereocenters. The van der Waals surface area contributed by atoms with Crippen LogP contribution in [0.25, 0.3) is 0 Å². The van der Waals surface area contributed by atoms with Crippen LogP contribution in [0, 0.1) is 0 Å². The zero-order chi connectivity index (χ0) is 15.5. The van der Waals surface area contributed by atoms with Crippen LogP contribution in [0.4, 0.5) is 5.69 Å². The van der Waals surface area contributed by atoms with E-state index < -0.39 is 10.0 Å². The summed E-state index contributed by atoms with van der Waals surface area (Å²) in [6.07, 6.45) is 4.69. The van der Waals surface area contributed by atoms with E-state index in [0.29, 0.717) is 11.6 Å². The maximum Gasteiger partial charge on any atom is 0.244 e. The van der Waals surface area contributed by atoms with Gasteiger partial charge in [-0.25, -0.2) is 13.1 Å². The number of benzene rings is 1. The van der Waals surface area contributed by atoms with Gasteiger partial charge in [0.15, 0.2) is 0 Å². The molecule has 2 rings (SSSR count). The highest BCUT2D eigenvalue weighted by Gasteiger charge is 2.22. The highest BCUT2D eigenvalue weighted by Crippen LogP contribution is 2.30.